The predicted octanol–water partition coefficient (Wildman–Crippen LogP) is -0.241. The van der Waals surface area contributed by atoms with Crippen LogP contribution in [0.15, 0.2) is 17.2 Å². The van der Waals surface area contributed by atoms with Crippen molar-refractivity contribution in [3.8, 4) is 0 Å². The highest BCUT2D eigenvalue weighted by Gasteiger charge is 2.30. The summed E-state index contributed by atoms with van der Waals surface area (Å²) in [7, 11) is 0. The molecule has 2 heterocycles. The Morgan fingerprint density at radius 2 is 2.13 bits per heavy atom. The molecule has 0 aromatic carbocycles. The van der Waals surface area contributed by atoms with Crippen molar-refractivity contribution in [1.82, 2.24) is 9.55 Å². The molecule has 5 nitrogen and oxygen atoms in total. The van der Waals surface area contributed by atoms with Gasteiger partial charge in [0.05, 0.1) is 6.10 Å². The largest absolute Gasteiger partial charge is 0.389 e. The number of β-amino-alcohol motifs (C(OH)–C–C–N with tert-alkyl or cyclic N) is 1. The Kier molecular flexibility index (Phi) is 1.82. The zero-order valence-corrected chi connectivity index (χ0v) is 8.33. The van der Waals surface area contributed by atoms with E-state index in [1.807, 2.05) is 4.90 Å². The van der Waals surface area contributed by atoms with Gasteiger partial charge in [-0.3, -0.25) is 4.79 Å². The summed E-state index contributed by atoms with van der Waals surface area (Å²) in [5.41, 5.74) is -0.0214. The molecule has 1 aliphatic heterocycles. The van der Waals surface area contributed by atoms with Gasteiger partial charge < -0.3 is 14.6 Å². The third-order valence-corrected chi connectivity index (χ3v) is 2.95. The van der Waals surface area contributed by atoms with Crippen LogP contribution in [0, 0.1) is 0 Å². The Bertz CT molecular complexity index is 433. The summed E-state index contributed by atoms with van der Waals surface area (Å²) in [4.78, 5) is 17.9. The lowest BCUT2D eigenvalue weighted by molar-refractivity contribution is 0.141. The van der Waals surface area contributed by atoms with Crippen molar-refractivity contribution in [2.24, 2.45) is 0 Å². The summed E-state index contributed by atoms with van der Waals surface area (Å²) in [5, 5.41) is 9.18. The van der Waals surface area contributed by atoms with Crippen LogP contribution >= 0.6 is 0 Å². The molecule has 0 amide bonds. The predicted molar refractivity (Wildman–Crippen MR) is 55.0 cm³/mol. The molecule has 0 radical (unpaired) electrons. The molecule has 1 saturated heterocycles. The number of anilines is 1. The third-order valence-electron chi connectivity index (χ3n) is 2.95. The smallest absolute Gasteiger partial charge is 0.293 e. The SMILES string of the molecule is O=c1c(N2CC(O)C2)nccn1C1CC1. The lowest BCUT2D eigenvalue weighted by Crippen LogP contribution is -2.53. The van der Waals surface area contributed by atoms with Crippen LogP contribution in [0.5, 0.6) is 0 Å². The third kappa shape index (κ3) is 1.43. The molecule has 1 N–H and O–H groups in total. The second-order valence-electron chi connectivity index (χ2n) is 4.25. The lowest BCUT2D eigenvalue weighted by atomic mass is 10.2. The second kappa shape index (κ2) is 3.06. The molecule has 2 aliphatic rings. The lowest BCUT2D eigenvalue weighted by Gasteiger charge is -2.36. The van der Waals surface area contributed by atoms with Crippen LogP contribution in [0.3, 0.4) is 0 Å². The first-order valence-electron chi connectivity index (χ1n) is 5.26. The summed E-state index contributed by atoms with van der Waals surface area (Å²) in [6, 6.07) is 0.380. The highest BCUT2D eigenvalue weighted by molar-refractivity contribution is 5.39. The highest BCUT2D eigenvalue weighted by atomic mass is 16.3. The minimum Gasteiger partial charge on any atom is -0.389 e. The standard InChI is InChI=1S/C10H13N3O2/c14-8-5-12(6-8)9-10(15)13(4-3-11-9)7-1-2-7/h3-4,7-8,14H,1-2,5-6H2. The van der Waals surface area contributed by atoms with E-state index in [0.29, 0.717) is 24.9 Å². The second-order valence-corrected chi connectivity index (χ2v) is 4.25. The van der Waals surface area contributed by atoms with Crippen molar-refractivity contribution in [3.05, 3.63) is 22.7 Å². The Balaban J connectivity index is 1.94. The number of nitrogens with zero attached hydrogens (tertiary/aromatic N) is 3. The first-order chi connectivity index (χ1) is 7.25. The molecule has 1 aromatic heterocycles. The molecule has 15 heavy (non-hydrogen) atoms. The minimum atomic E-state index is -0.305. The van der Waals surface area contributed by atoms with Gasteiger partial charge in [0, 0.05) is 31.5 Å². The van der Waals surface area contributed by atoms with Gasteiger partial charge in [0.25, 0.3) is 5.56 Å². The molecule has 0 atom stereocenters. The Labute approximate surface area is 87.0 Å². The molecule has 5 heteroatoms. The van der Waals surface area contributed by atoms with Crippen LogP contribution in [0.4, 0.5) is 5.82 Å². The number of rotatable bonds is 2. The van der Waals surface area contributed by atoms with Crippen molar-refractivity contribution in [3.63, 3.8) is 0 Å². The quantitative estimate of drug-likeness (QED) is 0.727. The first-order valence-corrected chi connectivity index (χ1v) is 5.26. The van der Waals surface area contributed by atoms with Gasteiger partial charge in [-0.05, 0) is 12.8 Å². The summed E-state index contributed by atoms with van der Waals surface area (Å²) >= 11 is 0. The monoisotopic (exact) mass is 207 g/mol. The van der Waals surface area contributed by atoms with Crippen molar-refractivity contribution < 1.29 is 5.11 Å². The maximum Gasteiger partial charge on any atom is 0.293 e. The summed E-state index contributed by atoms with van der Waals surface area (Å²) in [6.45, 7) is 1.05. The van der Waals surface area contributed by atoms with Gasteiger partial charge >= 0.3 is 0 Å². The van der Waals surface area contributed by atoms with Crippen molar-refractivity contribution in [2.75, 3.05) is 18.0 Å². The molecule has 1 aliphatic carbocycles. The van der Waals surface area contributed by atoms with Gasteiger partial charge in [-0.15, -0.1) is 0 Å². The molecule has 0 bridgehead atoms. The molecule has 3 rings (SSSR count). The number of aromatic nitrogens is 2. The molecule has 1 saturated carbocycles. The number of hydrogen-bond acceptors (Lipinski definition) is 4. The van der Waals surface area contributed by atoms with E-state index in [1.54, 1.807) is 17.0 Å². The molecule has 2 fully saturated rings. The topological polar surface area (TPSA) is 58.4 Å². The number of hydrogen-bond donors (Lipinski definition) is 1. The van der Waals surface area contributed by atoms with Gasteiger partial charge in [-0.1, -0.05) is 0 Å². The highest BCUT2D eigenvalue weighted by Crippen LogP contribution is 2.33. The fourth-order valence-electron chi connectivity index (χ4n) is 1.90. The maximum atomic E-state index is 12.0. The minimum absolute atomic E-state index is 0.0214. The molecular weight excluding hydrogens is 194 g/mol. The van der Waals surface area contributed by atoms with Gasteiger partial charge in [0.15, 0.2) is 5.82 Å². The first kappa shape index (κ1) is 8.91. The van der Waals surface area contributed by atoms with Crippen LogP contribution in [0.2, 0.25) is 0 Å². The van der Waals surface area contributed by atoms with E-state index < -0.39 is 0 Å². The molecular formula is C10H13N3O2. The fraction of sp³-hybridized carbons (Fsp3) is 0.600. The Morgan fingerprint density at radius 3 is 2.73 bits per heavy atom. The Morgan fingerprint density at radius 1 is 1.40 bits per heavy atom. The van der Waals surface area contributed by atoms with Gasteiger partial charge in [0.2, 0.25) is 0 Å². The van der Waals surface area contributed by atoms with Crippen molar-refractivity contribution >= 4 is 5.82 Å². The van der Waals surface area contributed by atoms with Gasteiger partial charge in [0.1, 0.15) is 0 Å². The van der Waals surface area contributed by atoms with Crippen LogP contribution in [0.25, 0.3) is 0 Å². The van der Waals surface area contributed by atoms with Crippen molar-refractivity contribution in [1.29, 1.82) is 0 Å². The van der Waals surface area contributed by atoms with Crippen LogP contribution in [-0.4, -0.2) is 33.9 Å². The van der Waals surface area contributed by atoms with Gasteiger partial charge in [-0.25, -0.2) is 4.98 Å². The summed E-state index contributed by atoms with van der Waals surface area (Å²) in [5.74, 6) is 0.481. The van der Waals surface area contributed by atoms with Crippen LogP contribution < -0.4 is 10.5 Å². The number of aliphatic hydroxyl groups is 1. The normalized spacial score (nSPS) is 21.5. The maximum absolute atomic E-state index is 12.0. The van der Waals surface area contributed by atoms with Crippen LogP contribution in [-0.2, 0) is 0 Å². The van der Waals surface area contributed by atoms with E-state index in [-0.39, 0.29) is 11.7 Å². The molecule has 80 valence electrons. The van der Waals surface area contributed by atoms with E-state index >= 15 is 0 Å². The van der Waals surface area contributed by atoms with E-state index in [1.165, 1.54) is 0 Å². The van der Waals surface area contributed by atoms with E-state index in [4.69, 9.17) is 0 Å². The summed E-state index contributed by atoms with van der Waals surface area (Å²) < 4.78 is 1.76. The molecule has 1 aromatic rings. The Hall–Kier alpha value is -1.36. The fourth-order valence-corrected chi connectivity index (χ4v) is 1.90. The summed E-state index contributed by atoms with van der Waals surface area (Å²) in [6.07, 6.45) is 5.29. The molecule has 0 spiro atoms. The van der Waals surface area contributed by atoms with Crippen molar-refractivity contribution in [2.45, 2.75) is 25.0 Å². The zero-order chi connectivity index (χ0) is 10.4. The zero-order valence-electron chi connectivity index (χ0n) is 8.33. The van der Waals surface area contributed by atoms with E-state index in [2.05, 4.69) is 4.98 Å². The average molecular weight is 207 g/mol. The van der Waals surface area contributed by atoms with E-state index in [0.717, 1.165) is 12.8 Å². The number of aliphatic hydroxyl groups excluding tert-OH is 1. The molecule has 0 unspecified atom stereocenters. The van der Waals surface area contributed by atoms with Crippen LogP contribution in [0.1, 0.15) is 18.9 Å². The van der Waals surface area contributed by atoms with E-state index in [9.17, 15) is 9.90 Å². The average Bonchev–Trinajstić information content (AvgIpc) is 2.97. The van der Waals surface area contributed by atoms with Gasteiger partial charge in [-0.2, -0.15) is 0 Å².